The van der Waals surface area contributed by atoms with Gasteiger partial charge >= 0.3 is 0 Å². The van der Waals surface area contributed by atoms with Crippen molar-refractivity contribution in [3.05, 3.63) is 375 Å². The van der Waals surface area contributed by atoms with Crippen LogP contribution in [0.25, 0.3) is 105 Å². The summed E-state index contributed by atoms with van der Waals surface area (Å²) in [6.07, 6.45) is 4.45. The Morgan fingerprint density at radius 2 is 0.805 bits per heavy atom. The molecule has 4 aliphatic rings. The van der Waals surface area contributed by atoms with Crippen molar-refractivity contribution >= 4 is 124 Å². The Morgan fingerprint density at radius 1 is 0.345 bits per heavy atom. The van der Waals surface area contributed by atoms with Gasteiger partial charge in [-0.05, 0) is 204 Å². The van der Waals surface area contributed by atoms with E-state index in [1.165, 1.54) is 43.5 Å². The van der Waals surface area contributed by atoms with Gasteiger partial charge in [0.2, 0.25) is 0 Å². The van der Waals surface area contributed by atoms with Gasteiger partial charge in [0.05, 0.1) is 27.8 Å². The fraction of sp³-hybridized carbons (Fsp3) is 0.0857. The summed E-state index contributed by atoms with van der Waals surface area (Å²) in [4.78, 5) is 5.26. The molecule has 0 unspecified atom stereocenters. The number of nitrogens with zero attached hydrogens (tertiary/aromatic N) is 4. The van der Waals surface area contributed by atoms with E-state index in [0.717, 1.165) is 168 Å². The van der Waals surface area contributed by atoms with Crippen molar-refractivity contribution in [2.45, 2.75) is 53.9 Å². The number of anilines is 5. The first-order chi connectivity index (χ1) is 55.2. The molecule has 0 N–H and O–H groups in total. The quantitative estimate of drug-likeness (QED) is 0.0955. The van der Waals surface area contributed by atoms with Crippen molar-refractivity contribution in [1.29, 1.82) is 0 Å². The highest BCUT2D eigenvalue weighted by Crippen LogP contribution is 2.52. The molecule has 0 aliphatic carbocycles. The lowest BCUT2D eigenvalue weighted by Crippen LogP contribution is -2.61. The third-order valence-corrected chi connectivity index (χ3v) is 24.1. The first-order valence-corrected chi connectivity index (χ1v) is 39.5. The average molecular weight is 1450 g/mol. The molecule has 21 rings (SSSR count). The lowest BCUT2D eigenvalue weighted by Gasteiger charge is -2.45. The molecule has 15 aromatic carbocycles. The molecule has 0 atom stereocenters. The smallest absolute Gasteiger partial charge is 0.260 e. The summed E-state index contributed by atoms with van der Waals surface area (Å²) in [6, 6.07) is 124. The topological polar surface area (TPSA) is 34.8 Å². The number of para-hydroxylation sites is 4. The highest BCUT2D eigenvalue weighted by atomic mass is 16.5. The second kappa shape index (κ2) is 26.0. The molecule has 2 aromatic heterocycles. The summed E-state index contributed by atoms with van der Waals surface area (Å²) in [5, 5.41) is 4.83. The number of fused-ring (bicyclic) bond motifs is 14. The van der Waals surface area contributed by atoms with E-state index in [1.807, 2.05) is 0 Å². The fourth-order valence-electron chi connectivity index (χ4n) is 18.6. The molecule has 538 valence electrons. The van der Waals surface area contributed by atoms with Crippen LogP contribution in [-0.4, -0.2) is 22.6 Å². The third kappa shape index (κ3) is 10.9. The van der Waals surface area contributed by atoms with Crippen LogP contribution >= 0.6 is 0 Å². The van der Waals surface area contributed by atoms with Crippen LogP contribution in [0.4, 0.5) is 28.4 Å². The van der Waals surface area contributed by atoms with E-state index in [2.05, 4.69) is 420 Å². The largest absolute Gasteiger partial charge is 0.458 e. The van der Waals surface area contributed by atoms with E-state index < -0.39 is 0 Å². The highest BCUT2D eigenvalue weighted by Gasteiger charge is 2.47. The summed E-state index contributed by atoms with van der Waals surface area (Å²) in [5.41, 5.74) is 32.7. The minimum atomic E-state index is -0.286. The molecule has 0 saturated heterocycles. The van der Waals surface area contributed by atoms with Gasteiger partial charge < -0.3 is 28.4 Å². The summed E-state index contributed by atoms with van der Waals surface area (Å²) < 4.78 is 20.0. The van der Waals surface area contributed by atoms with Crippen molar-refractivity contribution in [1.82, 2.24) is 9.13 Å². The highest BCUT2D eigenvalue weighted by molar-refractivity contribution is 7.00. The van der Waals surface area contributed by atoms with Gasteiger partial charge in [-0.3, -0.25) is 0 Å². The van der Waals surface area contributed by atoms with Crippen LogP contribution < -0.4 is 52.1 Å². The standard InChI is InChI=1S/C105H80B2N4O2/c1-9-75(104(3,4)5)62-83(69-34-18-12-19-35-69)66(2)108-94-64-77(109-89-42-26-22-38-79(89)80-39-23-27-43-90(80)109)49-52-85(94)106-86-53-50-78(110-91-44-28-24-40-81(91)82-41-25-29-45-92(82)110)65-95(86)111(93-54-48-76(105(6,7)8)63-84(93)70-36-20-13-21-37-70)97-58-73(57-96(108)102(97)106)74-60-100-103-101(61-74)113-99-59-72(68-32-16-11-17-33-68)46-51-87(99)107(103)88-56-71(47-55-98(88)112-100)67-30-14-10-15-31-67/h9-65H,1H2,2-8H3/b75-62+,83-66-. The molecule has 6 heterocycles. The molecule has 0 saturated carbocycles. The predicted octanol–water partition coefficient (Wildman–Crippen LogP) is 23.9. The van der Waals surface area contributed by atoms with E-state index in [4.69, 9.17) is 9.47 Å². The maximum absolute atomic E-state index is 7.57. The molecule has 0 amide bonds. The minimum Gasteiger partial charge on any atom is -0.458 e. The molecule has 8 heteroatoms. The van der Waals surface area contributed by atoms with Crippen LogP contribution in [-0.2, 0) is 5.41 Å². The van der Waals surface area contributed by atoms with E-state index >= 15 is 0 Å². The number of benzene rings is 15. The third-order valence-electron chi connectivity index (χ3n) is 24.1. The van der Waals surface area contributed by atoms with Gasteiger partial charge in [-0.1, -0.05) is 291 Å². The average Bonchev–Trinajstić information content (AvgIpc) is 1.29. The van der Waals surface area contributed by atoms with Crippen molar-refractivity contribution in [2.75, 3.05) is 9.80 Å². The molecule has 0 radical (unpaired) electrons. The minimum absolute atomic E-state index is 0.171. The van der Waals surface area contributed by atoms with Crippen LogP contribution in [0.1, 0.15) is 59.6 Å². The molecule has 0 bridgehead atoms. The van der Waals surface area contributed by atoms with Gasteiger partial charge in [-0.25, -0.2) is 0 Å². The zero-order valence-electron chi connectivity index (χ0n) is 64.4. The summed E-state index contributed by atoms with van der Waals surface area (Å²) in [7, 11) is 0. The van der Waals surface area contributed by atoms with Gasteiger partial charge in [-0.2, -0.15) is 0 Å². The Kier molecular flexibility index (Phi) is 15.6. The summed E-state index contributed by atoms with van der Waals surface area (Å²) in [6.45, 7) is 20.2. The van der Waals surface area contributed by atoms with Crippen LogP contribution in [0, 0.1) is 5.41 Å². The maximum atomic E-state index is 7.57. The number of hydrogen-bond acceptors (Lipinski definition) is 4. The summed E-state index contributed by atoms with van der Waals surface area (Å²) in [5.74, 6) is 3.16. The second-order valence-corrected chi connectivity index (χ2v) is 32.8. The molecule has 17 aromatic rings. The molecule has 113 heavy (non-hydrogen) atoms. The fourth-order valence-corrected chi connectivity index (χ4v) is 18.6. The van der Waals surface area contributed by atoms with E-state index in [9.17, 15) is 0 Å². The lowest BCUT2D eigenvalue weighted by atomic mass is 9.33. The van der Waals surface area contributed by atoms with E-state index in [-0.39, 0.29) is 24.3 Å². The molecule has 6 nitrogen and oxygen atoms in total. The van der Waals surface area contributed by atoms with Gasteiger partial charge in [0, 0.05) is 78.0 Å². The van der Waals surface area contributed by atoms with Crippen molar-refractivity contribution in [2.24, 2.45) is 5.41 Å². The SMILES string of the molecule is C=C/C(=C\C(=C(/C)N1c2cc(-n3c4ccccc4c4ccccc43)ccc2B2c3ccc(-n4c5ccccc5c5ccccc54)cc3N(c3ccc(C(C)(C)C)cc3-c3ccccc3)c3cc(-c4cc5c6c(c4)Oc4ccc(-c7ccccc7)cc4B6c4ccc(-c6ccccc6)cc4O5)cc1c32)c1ccccc1)C(C)(C)C. The molecular weight excluding hydrogens is 1370 g/mol. The Hall–Kier alpha value is -13.6. The molecule has 4 aliphatic heterocycles. The van der Waals surface area contributed by atoms with Crippen LogP contribution in [0.3, 0.4) is 0 Å². The Morgan fingerprint density at radius 3 is 1.36 bits per heavy atom. The molecule has 0 spiro atoms. The van der Waals surface area contributed by atoms with E-state index in [1.54, 1.807) is 0 Å². The van der Waals surface area contributed by atoms with Crippen LogP contribution in [0.5, 0.6) is 23.0 Å². The number of aromatic nitrogens is 2. The predicted molar refractivity (Wildman–Crippen MR) is 478 cm³/mol. The lowest BCUT2D eigenvalue weighted by molar-refractivity contribution is 0.465. The zero-order chi connectivity index (χ0) is 76.1. The Labute approximate surface area is 660 Å². The van der Waals surface area contributed by atoms with Crippen molar-refractivity contribution < 1.29 is 9.47 Å². The number of hydrogen-bond donors (Lipinski definition) is 0. The zero-order valence-corrected chi connectivity index (χ0v) is 64.4. The van der Waals surface area contributed by atoms with Crippen molar-refractivity contribution in [3.63, 3.8) is 0 Å². The second-order valence-electron chi connectivity index (χ2n) is 32.8. The van der Waals surface area contributed by atoms with Crippen LogP contribution in [0.15, 0.2) is 364 Å². The van der Waals surface area contributed by atoms with Gasteiger partial charge in [0.1, 0.15) is 23.0 Å². The normalized spacial score (nSPS) is 13.6. The number of allylic oxidation sites excluding steroid dienone is 5. The molecule has 0 fully saturated rings. The van der Waals surface area contributed by atoms with Gasteiger partial charge in [0.25, 0.3) is 13.4 Å². The number of rotatable bonds is 11. The van der Waals surface area contributed by atoms with Gasteiger partial charge in [-0.15, -0.1) is 0 Å². The van der Waals surface area contributed by atoms with Crippen molar-refractivity contribution in [3.8, 4) is 78.9 Å². The van der Waals surface area contributed by atoms with E-state index in [0.29, 0.717) is 0 Å². The monoisotopic (exact) mass is 1450 g/mol. The molecular formula is C105H80B2N4O2. The number of ether oxygens (including phenoxy) is 2. The van der Waals surface area contributed by atoms with Gasteiger partial charge in [0.15, 0.2) is 0 Å². The van der Waals surface area contributed by atoms with Crippen LogP contribution in [0.2, 0.25) is 0 Å². The Balaban J connectivity index is 0.898. The first-order valence-electron chi connectivity index (χ1n) is 39.5. The Bertz CT molecular complexity index is 6770. The maximum Gasteiger partial charge on any atom is 0.260 e. The first kappa shape index (κ1) is 67.6. The summed E-state index contributed by atoms with van der Waals surface area (Å²) >= 11 is 0.